The molecule has 1 fully saturated rings. The van der Waals surface area contributed by atoms with Gasteiger partial charge < -0.3 is 15.4 Å². The number of aromatic nitrogens is 1. The van der Waals surface area contributed by atoms with Gasteiger partial charge in [0.15, 0.2) is 0 Å². The molecule has 1 aliphatic heterocycles. The van der Waals surface area contributed by atoms with Crippen LogP contribution in [0.5, 0.6) is 0 Å². The molecule has 5 nitrogen and oxygen atoms in total. The van der Waals surface area contributed by atoms with E-state index in [4.69, 9.17) is 4.74 Å². The Hall–Kier alpha value is -0.880. The molecule has 0 radical (unpaired) electrons. The second-order valence-corrected chi connectivity index (χ2v) is 5.46. The lowest BCUT2D eigenvalue weighted by Gasteiger charge is -2.26. The number of amides is 1. The summed E-state index contributed by atoms with van der Waals surface area (Å²) in [6.07, 6.45) is 3.64. The van der Waals surface area contributed by atoms with Crippen LogP contribution in [0.25, 0.3) is 0 Å². The lowest BCUT2D eigenvalue weighted by atomic mass is 9.89. The molecule has 1 aliphatic rings. The Bertz CT molecular complexity index is 426. The predicted molar refractivity (Wildman–Crippen MR) is 91.9 cm³/mol. The van der Waals surface area contributed by atoms with E-state index in [9.17, 15) is 4.79 Å². The lowest BCUT2D eigenvalue weighted by molar-refractivity contribution is -0.126. The fourth-order valence-electron chi connectivity index (χ4n) is 2.40. The summed E-state index contributed by atoms with van der Waals surface area (Å²) in [6, 6.07) is 3.76. The van der Waals surface area contributed by atoms with E-state index >= 15 is 0 Å². The minimum absolute atomic E-state index is 0. The minimum Gasteiger partial charge on any atom is -0.378 e. The van der Waals surface area contributed by atoms with Crippen molar-refractivity contribution in [1.29, 1.82) is 0 Å². The maximum atomic E-state index is 12.1. The Morgan fingerprint density at radius 3 is 2.82 bits per heavy atom. The van der Waals surface area contributed by atoms with Crippen molar-refractivity contribution in [2.24, 2.45) is 5.92 Å². The van der Waals surface area contributed by atoms with E-state index in [1.165, 1.54) is 0 Å². The van der Waals surface area contributed by atoms with Gasteiger partial charge in [-0.25, -0.2) is 0 Å². The molecule has 0 aliphatic carbocycles. The summed E-state index contributed by atoms with van der Waals surface area (Å²) >= 11 is 0. The zero-order valence-corrected chi connectivity index (χ0v) is 14.6. The van der Waals surface area contributed by atoms with Gasteiger partial charge in [0.1, 0.15) is 6.04 Å². The monoisotopic (exact) mass is 349 g/mol. The number of nitrogens with one attached hydrogen (secondary N) is 2. The molecule has 2 rings (SSSR count). The minimum atomic E-state index is -0.231. The fourth-order valence-corrected chi connectivity index (χ4v) is 2.40. The average molecular weight is 350 g/mol. The number of morpholine rings is 1. The van der Waals surface area contributed by atoms with Gasteiger partial charge >= 0.3 is 0 Å². The van der Waals surface area contributed by atoms with Crippen LogP contribution in [0, 0.1) is 5.92 Å². The molecular formula is C15H25Cl2N3O2. The van der Waals surface area contributed by atoms with Crippen molar-refractivity contribution in [2.75, 3.05) is 26.3 Å². The Morgan fingerprint density at radius 1 is 1.50 bits per heavy atom. The lowest BCUT2D eigenvalue weighted by Crippen LogP contribution is -2.51. The van der Waals surface area contributed by atoms with E-state index < -0.39 is 0 Å². The van der Waals surface area contributed by atoms with Crippen LogP contribution >= 0.6 is 24.8 Å². The van der Waals surface area contributed by atoms with Crippen molar-refractivity contribution >= 4 is 30.7 Å². The number of pyridine rings is 1. The Labute approximate surface area is 144 Å². The molecule has 2 atom stereocenters. The standard InChI is InChI=1S/C15H23N3O2.2ClH/c1-11(2)13(12-4-3-5-16-8-12)9-18-15(19)14-10-20-7-6-17-14;;/h3-5,8,11,13-14,17H,6-7,9-10H2,1-2H3,(H,18,19);2*1H. The smallest absolute Gasteiger partial charge is 0.239 e. The van der Waals surface area contributed by atoms with Crippen LogP contribution in [0.4, 0.5) is 0 Å². The van der Waals surface area contributed by atoms with Gasteiger partial charge in [-0.3, -0.25) is 9.78 Å². The maximum absolute atomic E-state index is 12.1. The zero-order valence-electron chi connectivity index (χ0n) is 13.0. The average Bonchev–Trinajstić information content (AvgIpc) is 2.49. The van der Waals surface area contributed by atoms with Crippen molar-refractivity contribution in [3.8, 4) is 0 Å². The molecular weight excluding hydrogens is 325 g/mol. The van der Waals surface area contributed by atoms with Crippen LogP contribution < -0.4 is 10.6 Å². The molecule has 1 aromatic heterocycles. The van der Waals surface area contributed by atoms with Crippen molar-refractivity contribution in [2.45, 2.75) is 25.8 Å². The molecule has 1 saturated heterocycles. The van der Waals surface area contributed by atoms with Gasteiger partial charge in [0.2, 0.25) is 5.91 Å². The zero-order chi connectivity index (χ0) is 14.4. The Balaban J connectivity index is 0.00000220. The van der Waals surface area contributed by atoms with Gasteiger partial charge in [0.05, 0.1) is 13.2 Å². The molecule has 7 heteroatoms. The van der Waals surface area contributed by atoms with E-state index in [1.807, 2.05) is 12.3 Å². The second-order valence-electron chi connectivity index (χ2n) is 5.46. The number of halogens is 2. The number of hydrogen-bond acceptors (Lipinski definition) is 4. The molecule has 2 N–H and O–H groups in total. The third-order valence-electron chi connectivity index (χ3n) is 3.65. The van der Waals surface area contributed by atoms with Crippen LogP contribution in [0.1, 0.15) is 25.3 Å². The van der Waals surface area contributed by atoms with E-state index in [-0.39, 0.29) is 42.7 Å². The van der Waals surface area contributed by atoms with Crippen LogP contribution in [0.3, 0.4) is 0 Å². The summed E-state index contributed by atoms with van der Waals surface area (Å²) in [7, 11) is 0. The molecule has 126 valence electrons. The number of carbonyl (C=O) groups is 1. The van der Waals surface area contributed by atoms with E-state index in [0.29, 0.717) is 25.7 Å². The van der Waals surface area contributed by atoms with Gasteiger partial charge in [-0.05, 0) is 17.5 Å². The number of nitrogens with zero attached hydrogens (tertiary/aromatic N) is 1. The van der Waals surface area contributed by atoms with E-state index in [2.05, 4.69) is 35.5 Å². The second kappa shape index (κ2) is 10.8. The van der Waals surface area contributed by atoms with Gasteiger partial charge in [-0.1, -0.05) is 19.9 Å². The first-order chi connectivity index (χ1) is 9.68. The summed E-state index contributed by atoms with van der Waals surface area (Å²) in [5, 5.41) is 6.19. The molecule has 0 saturated carbocycles. The summed E-state index contributed by atoms with van der Waals surface area (Å²) in [5.41, 5.74) is 1.16. The van der Waals surface area contributed by atoms with Gasteiger partial charge in [0.25, 0.3) is 0 Å². The van der Waals surface area contributed by atoms with Gasteiger partial charge in [0, 0.05) is 31.4 Å². The first kappa shape index (κ1) is 21.1. The maximum Gasteiger partial charge on any atom is 0.239 e. The highest BCUT2D eigenvalue weighted by atomic mass is 35.5. The molecule has 0 aromatic carbocycles. The van der Waals surface area contributed by atoms with Crippen molar-refractivity contribution in [1.82, 2.24) is 15.6 Å². The molecule has 1 amide bonds. The Kier molecular flexibility index (Phi) is 10.3. The fraction of sp³-hybridized carbons (Fsp3) is 0.600. The largest absolute Gasteiger partial charge is 0.378 e. The summed E-state index contributed by atoms with van der Waals surface area (Å²) < 4.78 is 5.31. The summed E-state index contributed by atoms with van der Waals surface area (Å²) in [6.45, 7) is 6.80. The Morgan fingerprint density at radius 2 is 2.27 bits per heavy atom. The van der Waals surface area contributed by atoms with Gasteiger partial charge in [-0.2, -0.15) is 0 Å². The van der Waals surface area contributed by atoms with E-state index in [0.717, 1.165) is 12.1 Å². The third-order valence-corrected chi connectivity index (χ3v) is 3.65. The number of carbonyl (C=O) groups excluding carboxylic acids is 1. The van der Waals surface area contributed by atoms with E-state index in [1.54, 1.807) is 6.20 Å². The number of hydrogen-bond donors (Lipinski definition) is 2. The van der Waals surface area contributed by atoms with Crippen LogP contribution in [-0.2, 0) is 9.53 Å². The molecule has 0 bridgehead atoms. The predicted octanol–water partition coefficient (Wildman–Crippen LogP) is 1.77. The van der Waals surface area contributed by atoms with Crippen molar-refractivity contribution < 1.29 is 9.53 Å². The highest BCUT2D eigenvalue weighted by molar-refractivity contribution is 5.85. The van der Waals surface area contributed by atoms with Crippen molar-refractivity contribution in [3.63, 3.8) is 0 Å². The van der Waals surface area contributed by atoms with Crippen LogP contribution in [-0.4, -0.2) is 43.2 Å². The summed E-state index contributed by atoms with van der Waals surface area (Å²) in [4.78, 5) is 16.2. The summed E-state index contributed by atoms with van der Waals surface area (Å²) in [5.74, 6) is 0.728. The molecule has 22 heavy (non-hydrogen) atoms. The molecule has 2 heterocycles. The van der Waals surface area contributed by atoms with Gasteiger partial charge in [-0.15, -0.1) is 24.8 Å². The highest BCUT2D eigenvalue weighted by Gasteiger charge is 2.23. The molecule has 1 aromatic rings. The normalized spacial score (nSPS) is 18.8. The van der Waals surface area contributed by atoms with Crippen LogP contribution in [0.15, 0.2) is 24.5 Å². The number of ether oxygens (including phenoxy) is 1. The van der Waals surface area contributed by atoms with Crippen molar-refractivity contribution in [3.05, 3.63) is 30.1 Å². The topological polar surface area (TPSA) is 63.2 Å². The third kappa shape index (κ3) is 6.08. The first-order valence-electron chi connectivity index (χ1n) is 7.17. The molecule has 0 spiro atoms. The quantitative estimate of drug-likeness (QED) is 0.850. The first-order valence-corrected chi connectivity index (χ1v) is 7.17. The highest BCUT2D eigenvalue weighted by Crippen LogP contribution is 2.22. The van der Waals surface area contributed by atoms with Crippen LogP contribution in [0.2, 0.25) is 0 Å². The SMILES string of the molecule is CC(C)C(CNC(=O)C1COCCN1)c1cccnc1.Cl.Cl. The molecule has 2 unspecified atom stereocenters. The number of rotatable bonds is 5.